The standard InChI is InChI=1S/C25H28BrNO5/c1-15(2)14-32-19-8-9-20(16(3)12-19)23(28)21-22(17-6-5-7-18(26)13-17)27(10-11-31-4)25(30)24(21)29/h5-9,12-13,15,22,28H,10-11,14H2,1-4H3/b23-21+. The van der Waals surface area contributed by atoms with Crippen molar-refractivity contribution < 1.29 is 24.2 Å². The number of ketones is 1. The second kappa shape index (κ2) is 10.3. The Hall–Kier alpha value is -2.64. The number of rotatable bonds is 8. The number of amides is 1. The van der Waals surface area contributed by atoms with E-state index < -0.39 is 17.7 Å². The topological polar surface area (TPSA) is 76.1 Å². The second-order valence-corrected chi connectivity index (χ2v) is 9.14. The molecule has 170 valence electrons. The first kappa shape index (κ1) is 24.0. The molecule has 0 radical (unpaired) electrons. The molecule has 7 heteroatoms. The predicted octanol–water partition coefficient (Wildman–Crippen LogP) is 4.86. The average molecular weight is 502 g/mol. The summed E-state index contributed by atoms with van der Waals surface area (Å²) in [4.78, 5) is 27.3. The lowest BCUT2D eigenvalue weighted by molar-refractivity contribution is -0.140. The van der Waals surface area contributed by atoms with Crippen LogP contribution < -0.4 is 4.74 Å². The van der Waals surface area contributed by atoms with Crippen molar-refractivity contribution in [2.75, 3.05) is 26.9 Å². The molecule has 0 saturated carbocycles. The zero-order valence-electron chi connectivity index (χ0n) is 18.7. The van der Waals surface area contributed by atoms with Gasteiger partial charge in [0.2, 0.25) is 0 Å². The van der Waals surface area contributed by atoms with Gasteiger partial charge in [-0.15, -0.1) is 0 Å². The van der Waals surface area contributed by atoms with E-state index in [9.17, 15) is 14.7 Å². The SMILES string of the molecule is COCCN1C(=O)C(=O)/C(=C(/O)c2ccc(OCC(C)C)cc2C)C1c1cccc(Br)c1. The molecule has 3 rings (SSSR count). The zero-order valence-corrected chi connectivity index (χ0v) is 20.3. The molecule has 1 fully saturated rings. The fraction of sp³-hybridized carbons (Fsp3) is 0.360. The monoisotopic (exact) mass is 501 g/mol. The van der Waals surface area contributed by atoms with Gasteiger partial charge in [-0.3, -0.25) is 9.59 Å². The first-order valence-electron chi connectivity index (χ1n) is 10.5. The summed E-state index contributed by atoms with van der Waals surface area (Å²) in [6.07, 6.45) is 0. The normalized spacial score (nSPS) is 17.9. The van der Waals surface area contributed by atoms with E-state index >= 15 is 0 Å². The molecule has 1 saturated heterocycles. The summed E-state index contributed by atoms with van der Waals surface area (Å²) < 4.78 is 11.7. The highest BCUT2D eigenvalue weighted by Crippen LogP contribution is 2.40. The van der Waals surface area contributed by atoms with E-state index in [1.165, 1.54) is 12.0 Å². The van der Waals surface area contributed by atoms with Gasteiger partial charge in [0, 0.05) is 23.7 Å². The molecule has 32 heavy (non-hydrogen) atoms. The number of carbonyl (C=O) groups excluding carboxylic acids is 2. The van der Waals surface area contributed by atoms with E-state index in [-0.39, 0.29) is 24.5 Å². The number of aliphatic hydroxyl groups is 1. The van der Waals surface area contributed by atoms with Crippen LogP contribution in [0.2, 0.25) is 0 Å². The number of ether oxygens (including phenoxy) is 2. The largest absolute Gasteiger partial charge is 0.507 e. The average Bonchev–Trinajstić information content (AvgIpc) is 3.00. The molecule has 0 aliphatic carbocycles. The number of hydrogen-bond acceptors (Lipinski definition) is 5. The van der Waals surface area contributed by atoms with Crippen molar-refractivity contribution in [2.24, 2.45) is 5.92 Å². The molecule has 0 spiro atoms. The number of aryl methyl sites for hydroxylation is 1. The molecule has 1 atom stereocenters. The Morgan fingerprint density at radius 3 is 2.56 bits per heavy atom. The Kier molecular flexibility index (Phi) is 7.74. The molecule has 0 bridgehead atoms. The molecule has 6 nitrogen and oxygen atoms in total. The molecular weight excluding hydrogens is 474 g/mol. The van der Waals surface area contributed by atoms with E-state index in [0.717, 1.165) is 15.6 Å². The van der Waals surface area contributed by atoms with Crippen LogP contribution in [0.4, 0.5) is 0 Å². The van der Waals surface area contributed by atoms with Crippen LogP contribution in [0.3, 0.4) is 0 Å². The number of Topliss-reactive ketones (excluding diaryl/α,β-unsaturated/α-hetero) is 1. The summed E-state index contributed by atoms with van der Waals surface area (Å²) >= 11 is 3.45. The van der Waals surface area contributed by atoms with Crippen LogP contribution in [-0.2, 0) is 14.3 Å². The van der Waals surface area contributed by atoms with Crippen LogP contribution in [0.15, 0.2) is 52.5 Å². The van der Waals surface area contributed by atoms with Crippen LogP contribution in [0.25, 0.3) is 5.76 Å². The molecule has 2 aromatic rings. The lowest BCUT2D eigenvalue weighted by Gasteiger charge is -2.25. The van der Waals surface area contributed by atoms with Crippen molar-refractivity contribution >= 4 is 33.4 Å². The van der Waals surface area contributed by atoms with E-state index in [1.54, 1.807) is 12.1 Å². The van der Waals surface area contributed by atoms with Crippen molar-refractivity contribution in [1.29, 1.82) is 0 Å². The van der Waals surface area contributed by atoms with Gasteiger partial charge in [0.05, 0.1) is 24.8 Å². The number of methoxy groups -OCH3 is 1. The number of hydrogen-bond donors (Lipinski definition) is 1. The maximum Gasteiger partial charge on any atom is 0.295 e. The Balaban J connectivity index is 2.09. The van der Waals surface area contributed by atoms with Gasteiger partial charge in [-0.2, -0.15) is 0 Å². The molecule has 1 aliphatic rings. The first-order chi connectivity index (χ1) is 15.2. The number of nitrogens with zero attached hydrogens (tertiary/aromatic N) is 1. The summed E-state index contributed by atoms with van der Waals surface area (Å²) in [7, 11) is 1.54. The number of benzene rings is 2. The van der Waals surface area contributed by atoms with E-state index in [0.29, 0.717) is 23.8 Å². The van der Waals surface area contributed by atoms with Crippen LogP contribution in [0, 0.1) is 12.8 Å². The molecule has 2 aromatic carbocycles. The van der Waals surface area contributed by atoms with Crippen molar-refractivity contribution in [2.45, 2.75) is 26.8 Å². The number of likely N-dealkylation sites (tertiary alicyclic amines) is 1. The quantitative estimate of drug-likeness (QED) is 0.317. The van der Waals surface area contributed by atoms with Crippen LogP contribution in [0.1, 0.15) is 36.6 Å². The number of halogens is 1. The third kappa shape index (κ3) is 5.05. The van der Waals surface area contributed by atoms with Gasteiger partial charge < -0.3 is 19.5 Å². The highest BCUT2D eigenvalue weighted by atomic mass is 79.9. The minimum atomic E-state index is -0.709. The van der Waals surface area contributed by atoms with Gasteiger partial charge in [-0.05, 0) is 54.3 Å². The fourth-order valence-corrected chi connectivity index (χ4v) is 4.14. The number of carbonyl (C=O) groups is 2. The highest BCUT2D eigenvalue weighted by Gasteiger charge is 2.46. The first-order valence-corrected chi connectivity index (χ1v) is 11.3. The predicted molar refractivity (Wildman–Crippen MR) is 127 cm³/mol. The van der Waals surface area contributed by atoms with Crippen molar-refractivity contribution in [3.8, 4) is 5.75 Å². The molecule has 1 N–H and O–H groups in total. The Morgan fingerprint density at radius 2 is 1.94 bits per heavy atom. The zero-order chi connectivity index (χ0) is 23.4. The summed E-state index contributed by atoms with van der Waals surface area (Å²) in [6, 6.07) is 12.0. The van der Waals surface area contributed by atoms with Gasteiger partial charge in [0.25, 0.3) is 11.7 Å². The smallest absolute Gasteiger partial charge is 0.295 e. The third-order valence-electron chi connectivity index (χ3n) is 5.28. The molecular formula is C25H28BrNO5. The molecule has 0 aromatic heterocycles. The summed E-state index contributed by atoms with van der Waals surface area (Å²) in [5.41, 5.74) is 2.04. The maximum absolute atomic E-state index is 13.0. The molecule has 1 heterocycles. The molecule has 1 unspecified atom stereocenters. The Morgan fingerprint density at radius 1 is 1.19 bits per heavy atom. The van der Waals surface area contributed by atoms with Crippen molar-refractivity contribution in [3.05, 3.63) is 69.2 Å². The fourth-order valence-electron chi connectivity index (χ4n) is 3.72. The van der Waals surface area contributed by atoms with Gasteiger partial charge in [-0.1, -0.05) is 41.9 Å². The third-order valence-corrected chi connectivity index (χ3v) is 5.77. The van der Waals surface area contributed by atoms with E-state index in [2.05, 4.69) is 29.8 Å². The molecule has 1 aliphatic heterocycles. The summed E-state index contributed by atoms with van der Waals surface area (Å²) in [5.74, 6) is -0.471. The van der Waals surface area contributed by atoms with Crippen LogP contribution in [0.5, 0.6) is 5.75 Å². The van der Waals surface area contributed by atoms with Crippen LogP contribution >= 0.6 is 15.9 Å². The minimum Gasteiger partial charge on any atom is -0.507 e. The molecule has 1 amide bonds. The van der Waals surface area contributed by atoms with Crippen LogP contribution in [-0.4, -0.2) is 48.6 Å². The van der Waals surface area contributed by atoms with Gasteiger partial charge in [0.15, 0.2) is 0 Å². The maximum atomic E-state index is 13.0. The lowest BCUT2D eigenvalue weighted by atomic mass is 9.94. The lowest BCUT2D eigenvalue weighted by Crippen LogP contribution is -2.32. The van der Waals surface area contributed by atoms with Gasteiger partial charge in [0.1, 0.15) is 11.5 Å². The summed E-state index contributed by atoms with van der Waals surface area (Å²) in [5, 5.41) is 11.2. The summed E-state index contributed by atoms with van der Waals surface area (Å²) in [6.45, 7) is 7.06. The van der Waals surface area contributed by atoms with Gasteiger partial charge in [-0.25, -0.2) is 0 Å². The number of aliphatic hydroxyl groups excluding tert-OH is 1. The van der Waals surface area contributed by atoms with Gasteiger partial charge >= 0.3 is 0 Å². The van der Waals surface area contributed by atoms with E-state index in [1.807, 2.05) is 37.3 Å². The Labute approximate surface area is 197 Å². The Bertz CT molecular complexity index is 1050. The second-order valence-electron chi connectivity index (χ2n) is 8.22. The minimum absolute atomic E-state index is 0.0724. The van der Waals surface area contributed by atoms with Crippen molar-refractivity contribution in [3.63, 3.8) is 0 Å². The van der Waals surface area contributed by atoms with Crippen molar-refractivity contribution in [1.82, 2.24) is 4.90 Å². The van der Waals surface area contributed by atoms with E-state index in [4.69, 9.17) is 9.47 Å². The highest BCUT2D eigenvalue weighted by molar-refractivity contribution is 9.10.